The molecule has 2 rings (SSSR count). The highest BCUT2D eigenvalue weighted by Crippen LogP contribution is 2.26. The third-order valence-electron chi connectivity index (χ3n) is 2.49. The van der Waals surface area contributed by atoms with Gasteiger partial charge in [-0.25, -0.2) is 0 Å². The van der Waals surface area contributed by atoms with E-state index in [-0.39, 0.29) is 5.54 Å². The van der Waals surface area contributed by atoms with Crippen molar-refractivity contribution in [1.82, 2.24) is 19.6 Å². The molecule has 2 aromatic heterocycles. The predicted molar refractivity (Wildman–Crippen MR) is 63.8 cm³/mol. The molecule has 5 heteroatoms. The molecule has 0 saturated heterocycles. The van der Waals surface area contributed by atoms with Gasteiger partial charge in [-0.1, -0.05) is 0 Å². The molecule has 0 spiro atoms. The van der Waals surface area contributed by atoms with Crippen molar-refractivity contribution in [2.75, 3.05) is 5.73 Å². The molecular formula is C11H17N5. The molecule has 0 atom stereocenters. The molecule has 0 aromatic carbocycles. The zero-order chi connectivity index (χ0) is 11.9. The molecule has 0 unspecified atom stereocenters. The second-order valence-corrected chi connectivity index (χ2v) is 4.89. The number of hydrogen-bond donors (Lipinski definition) is 1. The van der Waals surface area contributed by atoms with E-state index in [0.717, 1.165) is 11.4 Å². The van der Waals surface area contributed by atoms with E-state index in [1.165, 1.54) is 0 Å². The zero-order valence-electron chi connectivity index (χ0n) is 10.1. The van der Waals surface area contributed by atoms with Crippen LogP contribution in [0.5, 0.6) is 0 Å². The number of anilines is 1. The maximum atomic E-state index is 5.97. The van der Waals surface area contributed by atoms with Gasteiger partial charge in [0.25, 0.3) is 0 Å². The standard InChI is InChI=1S/C11H17N5/c1-11(2,3)16-7-8(12)10(14-16)9-5-6-13-15(9)4/h5-7H,12H2,1-4H3. The largest absolute Gasteiger partial charge is 0.396 e. The number of nitrogens with two attached hydrogens (primary N) is 1. The van der Waals surface area contributed by atoms with Crippen molar-refractivity contribution in [3.8, 4) is 11.4 Å². The van der Waals surface area contributed by atoms with E-state index in [1.54, 1.807) is 10.9 Å². The van der Waals surface area contributed by atoms with E-state index >= 15 is 0 Å². The second-order valence-electron chi connectivity index (χ2n) is 4.89. The minimum absolute atomic E-state index is 0.0645. The SMILES string of the molecule is Cn1nccc1-c1nn(C(C)(C)C)cc1N. The van der Waals surface area contributed by atoms with Crippen molar-refractivity contribution < 1.29 is 0 Å². The van der Waals surface area contributed by atoms with Crippen LogP contribution in [0.4, 0.5) is 5.69 Å². The maximum Gasteiger partial charge on any atom is 0.133 e. The van der Waals surface area contributed by atoms with Crippen molar-refractivity contribution in [3.63, 3.8) is 0 Å². The van der Waals surface area contributed by atoms with Gasteiger partial charge >= 0.3 is 0 Å². The van der Waals surface area contributed by atoms with Gasteiger partial charge in [-0.3, -0.25) is 9.36 Å². The predicted octanol–water partition coefficient (Wildman–Crippen LogP) is 1.62. The highest BCUT2D eigenvalue weighted by Gasteiger charge is 2.18. The Balaban J connectivity index is 2.52. The van der Waals surface area contributed by atoms with Gasteiger partial charge in [-0.2, -0.15) is 10.2 Å². The number of aryl methyl sites for hydroxylation is 1. The Hall–Kier alpha value is -1.78. The molecule has 2 N–H and O–H groups in total. The Kier molecular flexibility index (Phi) is 2.26. The monoisotopic (exact) mass is 219 g/mol. The summed E-state index contributed by atoms with van der Waals surface area (Å²) in [6.45, 7) is 6.27. The van der Waals surface area contributed by atoms with Crippen molar-refractivity contribution in [1.29, 1.82) is 0 Å². The summed E-state index contributed by atoms with van der Waals surface area (Å²) in [5.74, 6) is 0. The Morgan fingerprint density at radius 2 is 2.00 bits per heavy atom. The van der Waals surface area contributed by atoms with Gasteiger partial charge in [-0.15, -0.1) is 0 Å². The van der Waals surface area contributed by atoms with Crippen LogP contribution in [-0.2, 0) is 12.6 Å². The molecule has 0 aliphatic carbocycles. The van der Waals surface area contributed by atoms with Gasteiger partial charge in [0.15, 0.2) is 0 Å². The fourth-order valence-corrected chi connectivity index (χ4v) is 1.54. The summed E-state index contributed by atoms with van der Waals surface area (Å²) >= 11 is 0. The number of nitrogen functional groups attached to an aromatic ring is 1. The van der Waals surface area contributed by atoms with Gasteiger partial charge in [0, 0.05) is 19.4 Å². The average molecular weight is 219 g/mol. The van der Waals surface area contributed by atoms with Crippen molar-refractivity contribution in [3.05, 3.63) is 18.5 Å². The summed E-state index contributed by atoms with van der Waals surface area (Å²) in [5.41, 5.74) is 8.31. The van der Waals surface area contributed by atoms with E-state index in [0.29, 0.717) is 5.69 Å². The van der Waals surface area contributed by atoms with Crippen molar-refractivity contribution >= 4 is 5.69 Å². The lowest BCUT2D eigenvalue weighted by Gasteiger charge is -2.18. The fraction of sp³-hybridized carbons (Fsp3) is 0.455. The first-order valence-electron chi connectivity index (χ1n) is 5.23. The molecule has 2 heterocycles. The Bertz CT molecular complexity index is 501. The molecule has 86 valence electrons. The summed E-state index contributed by atoms with van der Waals surface area (Å²) in [4.78, 5) is 0. The number of nitrogens with zero attached hydrogens (tertiary/aromatic N) is 4. The zero-order valence-corrected chi connectivity index (χ0v) is 10.1. The Morgan fingerprint density at radius 1 is 1.31 bits per heavy atom. The van der Waals surface area contributed by atoms with Gasteiger partial charge in [0.2, 0.25) is 0 Å². The number of rotatable bonds is 1. The summed E-state index contributed by atoms with van der Waals surface area (Å²) in [6, 6.07) is 1.91. The Morgan fingerprint density at radius 3 is 2.44 bits per heavy atom. The highest BCUT2D eigenvalue weighted by molar-refractivity contribution is 5.69. The smallest absolute Gasteiger partial charge is 0.133 e. The minimum Gasteiger partial charge on any atom is -0.396 e. The summed E-state index contributed by atoms with van der Waals surface area (Å²) in [6.07, 6.45) is 3.60. The van der Waals surface area contributed by atoms with Gasteiger partial charge < -0.3 is 5.73 Å². The van der Waals surface area contributed by atoms with Crippen LogP contribution in [0.1, 0.15) is 20.8 Å². The van der Waals surface area contributed by atoms with Crippen LogP contribution in [0.2, 0.25) is 0 Å². The van der Waals surface area contributed by atoms with E-state index < -0.39 is 0 Å². The molecule has 0 fully saturated rings. The summed E-state index contributed by atoms with van der Waals surface area (Å²) < 4.78 is 3.65. The van der Waals surface area contributed by atoms with Crippen LogP contribution < -0.4 is 5.73 Å². The number of hydrogen-bond acceptors (Lipinski definition) is 3. The van der Waals surface area contributed by atoms with Crippen LogP contribution in [0.3, 0.4) is 0 Å². The van der Waals surface area contributed by atoms with Gasteiger partial charge in [-0.05, 0) is 26.8 Å². The van der Waals surface area contributed by atoms with E-state index in [4.69, 9.17) is 5.73 Å². The quantitative estimate of drug-likeness (QED) is 0.792. The summed E-state index contributed by atoms with van der Waals surface area (Å²) in [7, 11) is 1.88. The van der Waals surface area contributed by atoms with Gasteiger partial charge in [0.1, 0.15) is 5.69 Å². The van der Waals surface area contributed by atoms with E-state index in [2.05, 4.69) is 31.0 Å². The third-order valence-corrected chi connectivity index (χ3v) is 2.49. The van der Waals surface area contributed by atoms with Crippen LogP contribution in [-0.4, -0.2) is 19.6 Å². The first-order valence-corrected chi connectivity index (χ1v) is 5.23. The molecule has 0 aliphatic rings. The first kappa shape index (κ1) is 10.7. The van der Waals surface area contributed by atoms with Gasteiger partial charge in [0.05, 0.1) is 16.9 Å². The first-order chi connectivity index (χ1) is 7.39. The molecule has 2 aromatic rings. The molecule has 0 bridgehead atoms. The molecule has 0 amide bonds. The van der Waals surface area contributed by atoms with Crippen LogP contribution in [0.15, 0.2) is 18.5 Å². The minimum atomic E-state index is -0.0645. The lowest BCUT2D eigenvalue weighted by atomic mass is 10.1. The highest BCUT2D eigenvalue weighted by atomic mass is 15.3. The summed E-state index contributed by atoms with van der Waals surface area (Å²) in [5, 5.41) is 8.63. The molecular weight excluding hydrogens is 202 g/mol. The van der Waals surface area contributed by atoms with Crippen LogP contribution in [0, 0.1) is 0 Å². The number of aromatic nitrogens is 4. The van der Waals surface area contributed by atoms with Crippen LogP contribution >= 0.6 is 0 Å². The molecule has 5 nitrogen and oxygen atoms in total. The maximum absolute atomic E-state index is 5.97. The topological polar surface area (TPSA) is 61.7 Å². The third kappa shape index (κ3) is 1.68. The molecule has 16 heavy (non-hydrogen) atoms. The van der Waals surface area contributed by atoms with Crippen molar-refractivity contribution in [2.45, 2.75) is 26.3 Å². The lowest BCUT2D eigenvalue weighted by Crippen LogP contribution is -2.22. The lowest BCUT2D eigenvalue weighted by molar-refractivity contribution is 0.356. The molecule has 0 radical (unpaired) electrons. The van der Waals surface area contributed by atoms with Crippen LogP contribution in [0.25, 0.3) is 11.4 Å². The fourth-order valence-electron chi connectivity index (χ4n) is 1.54. The average Bonchev–Trinajstić information content (AvgIpc) is 2.70. The molecule has 0 saturated carbocycles. The normalized spacial score (nSPS) is 12.0. The van der Waals surface area contributed by atoms with E-state index in [9.17, 15) is 0 Å². The Labute approximate surface area is 94.9 Å². The van der Waals surface area contributed by atoms with E-state index in [1.807, 2.05) is 24.0 Å². The van der Waals surface area contributed by atoms with Crippen molar-refractivity contribution in [2.24, 2.45) is 7.05 Å². The second kappa shape index (κ2) is 3.37. The molecule has 0 aliphatic heterocycles.